The molecule has 140 valence electrons. The summed E-state index contributed by atoms with van der Waals surface area (Å²) in [5, 5.41) is 0. The predicted molar refractivity (Wildman–Crippen MR) is 99.2 cm³/mol. The van der Waals surface area contributed by atoms with Crippen molar-refractivity contribution in [3.63, 3.8) is 0 Å². The lowest BCUT2D eigenvalue weighted by atomic mass is 10.3. The van der Waals surface area contributed by atoms with Gasteiger partial charge in [-0.15, -0.1) is 0 Å². The first-order valence-electron chi connectivity index (χ1n) is 7.83. The number of hydrogen-bond acceptors (Lipinski definition) is 6. The van der Waals surface area contributed by atoms with Gasteiger partial charge < -0.3 is 9.47 Å². The number of hydrogen-bond donors (Lipinski definition) is 0. The molecule has 7 heteroatoms. The molecular formula is C20H18O6S. The first-order chi connectivity index (χ1) is 12.6. The number of carbonyl (C=O) groups is 2. The van der Waals surface area contributed by atoms with Crippen LogP contribution in [0.15, 0.2) is 82.6 Å². The maximum absolute atomic E-state index is 13.2. The Morgan fingerprint density at radius 3 is 1.41 bits per heavy atom. The lowest BCUT2D eigenvalue weighted by molar-refractivity contribution is -0.131. The van der Waals surface area contributed by atoms with Crippen LogP contribution in [-0.4, -0.2) is 20.4 Å². The Balaban J connectivity index is 2.55. The van der Waals surface area contributed by atoms with Crippen LogP contribution >= 0.6 is 0 Å². The fraction of sp³-hybridized carbons (Fsp3) is 0.100. The summed E-state index contributed by atoms with van der Waals surface area (Å²) >= 11 is 0. The summed E-state index contributed by atoms with van der Waals surface area (Å²) in [5.74, 6) is -1.79. The third-order valence-electron chi connectivity index (χ3n) is 3.38. The van der Waals surface area contributed by atoms with Gasteiger partial charge in [0.2, 0.25) is 9.84 Å². The Morgan fingerprint density at radius 2 is 1.07 bits per heavy atom. The van der Waals surface area contributed by atoms with Crippen LogP contribution in [0.4, 0.5) is 0 Å². The normalized spacial score (nSPS) is 10.7. The largest absolute Gasteiger partial charge is 0.422 e. The highest BCUT2D eigenvalue weighted by molar-refractivity contribution is 7.91. The van der Waals surface area contributed by atoms with Crippen molar-refractivity contribution in [2.24, 2.45) is 0 Å². The highest BCUT2D eigenvalue weighted by Gasteiger charge is 2.27. The van der Waals surface area contributed by atoms with E-state index < -0.39 is 21.8 Å². The number of sulfone groups is 1. The van der Waals surface area contributed by atoms with Gasteiger partial charge in [0, 0.05) is 11.1 Å². The Bertz CT molecular complexity index is 956. The third-order valence-corrected chi connectivity index (χ3v) is 5.21. The summed E-state index contributed by atoms with van der Waals surface area (Å²) in [7, 11) is -4.16. The van der Waals surface area contributed by atoms with Gasteiger partial charge in [0.05, 0.1) is 0 Å². The zero-order chi connectivity index (χ0) is 20.2. The van der Waals surface area contributed by atoms with E-state index in [-0.39, 0.29) is 32.4 Å². The molecule has 0 saturated carbocycles. The first kappa shape index (κ1) is 20.1. The Hall–Kier alpha value is -3.19. The van der Waals surface area contributed by atoms with E-state index in [1.54, 1.807) is 0 Å². The second-order valence-corrected chi connectivity index (χ2v) is 7.62. The fourth-order valence-electron chi connectivity index (χ4n) is 2.01. The number of rotatable bonds is 6. The van der Waals surface area contributed by atoms with Gasteiger partial charge >= 0.3 is 11.9 Å². The molecule has 2 aromatic rings. The number of para-hydroxylation sites is 2. The Morgan fingerprint density at radius 1 is 0.741 bits per heavy atom. The van der Waals surface area contributed by atoms with Gasteiger partial charge in [0.25, 0.3) is 0 Å². The summed E-state index contributed by atoms with van der Waals surface area (Å²) in [6, 6.07) is 11.4. The molecular weight excluding hydrogens is 368 g/mol. The number of carbonyl (C=O) groups excluding carboxylic acids is 2. The molecule has 27 heavy (non-hydrogen) atoms. The molecule has 0 aromatic heterocycles. The van der Waals surface area contributed by atoms with Gasteiger partial charge in [-0.2, -0.15) is 0 Å². The second kappa shape index (κ2) is 8.01. The zero-order valence-corrected chi connectivity index (χ0v) is 15.7. The molecule has 0 heterocycles. The Kier molecular flexibility index (Phi) is 5.97. The van der Waals surface area contributed by atoms with Gasteiger partial charge in [-0.3, -0.25) is 0 Å². The summed E-state index contributed by atoms with van der Waals surface area (Å²) < 4.78 is 36.6. The van der Waals surface area contributed by atoms with Crippen LogP contribution < -0.4 is 9.47 Å². The van der Waals surface area contributed by atoms with Crippen molar-refractivity contribution in [1.82, 2.24) is 0 Å². The van der Waals surface area contributed by atoms with E-state index in [0.717, 1.165) is 0 Å². The molecule has 0 atom stereocenters. The van der Waals surface area contributed by atoms with Crippen molar-refractivity contribution in [3.05, 3.63) is 72.8 Å². The highest BCUT2D eigenvalue weighted by Crippen LogP contribution is 2.34. The summed E-state index contributed by atoms with van der Waals surface area (Å²) in [5.41, 5.74) is 0.246. The van der Waals surface area contributed by atoms with Crippen molar-refractivity contribution in [2.75, 3.05) is 0 Å². The quantitative estimate of drug-likeness (QED) is 0.429. The molecule has 2 aromatic carbocycles. The molecule has 0 aliphatic rings. The van der Waals surface area contributed by atoms with Gasteiger partial charge in [-0.1, -0.05) is 37.4 Å². The fourth-order valence-corrected chi connectivity index (χ4v) is 3.51. The van der Waals surface area contributed by atoms with Crippen molar-refractivity contribution >= 4 is 21.8 Å². The van der Waals surface area contributed by atoms with Crippen LogP contribution in [0.2, 0.25) is 0 Å². The van der Waals surface area contributed by atoms with Gasteiger partial charge in [0.1, 0.15) is 21.3 Å². The van der Waals surface area contributed by atoms with Crippen LogP contribution in [0.3, 0.4) is 0 Å². The predicted octanol–water partition coefficient (Wildman–Crippen LogP) is 3.48. The van der Waals surface area contributed by atoms with E-state index in [1.165, 1.54) is 62.4 Å². The second-order valence-electron chi connectivity index (χ2n) is 5.74. The molecule has 0 aliphatic carbocycles. The molecule has 0 radical (unpaired) electrons. The maximum atomic E-state index is 13.2. The van der Waals surface area contributed by atoms with E-state index in [0.29, 0.717) is 0 Å². The van der Waals surface area contributed by atoms with Crippen LogP contribution in [-0.2, 0) is 19.4 Å². The van der Waals surface area contributed by atoms with Gasteiger partial charge in [-0.25, -0.2) is 18.0 Å². The van der Waals surface area contributed by atoms with E-state index in [1.807, 2.05) is 0 Å². The van der Waals surface area contributed by atoms with E-state index in [2.05, 4.69) is 13.2 Å². The first-order valence-corrected chi connectivity index (χ1v) is 9.31. The molecule has 0 spiro atoms. The van der Waals surface area contributed by atoms with Gasteiger partial charge in [0.15, 0.2) is 0 Å². The molecule has 0 amide bonds. The molecule has 0 unspecified atom stereocenters. The SMILES string of the molecule is C=C(C)C(=O)Oc1ccccc1S(=O)(=O)c1ccccc1OC(=O)C(=C)C. The van der Waals surface area contributed by atoms with E-state index in [4.69, 9.17) is 9.47 Å². The van der Waals surface area contributed by atoms with Crippen LogP contribution in [0, 0.1) is 0 Å². The summed E-state index contributed by atoms with van der Waals surface area (Å²) in [6.07, 6.45) is 0. The number of esters is 2. The summed E-state index contributed by atoms with van der Waals surface area (Å²) in [6.45, 7) is 9.85. The summed E-state index contributed by atoms with van der Waals surface area (Å²) in [4.78, 5) is 23.2. The van der Waals surface area contributed by atoms with Crippen molar-refractivity contribution < 1.29 is 27.5 Å². The monoisotopic (exact) mass is 386 g/mol. The Labute approximate surface area is 157 Å². The molecule has 2 rings (SSSR count). The lowest BCUT2D eigenvalue weighted by Gasteiger charge is -2.13. The van der Waals surface area contributed by atoms with Gasteiger partial charge in [-0.05, 0) is 38.1 Å². The molecule has 0 fully saturated rings. The van der Waals surface area contributed by atoms with Crippen molar-refractivity contribution in [2.45, 2.75) is 23.6 Å². The van der Waals surface area contributed by atoms with E-state index in [9.17, 15) is 18.0 Å². The van der Waals surface area contributed by atoms with Crippen LogP contribution in [0.5, 0.6) is 11.5 Å². The topological polar surface area (TPSA) is 86.7 Å². The van der Waals surface area contributed by atoms with Crippen LogP contribution in [0.1, 0.15) is 13.8 Å². The third kappa shape index (κ3) is 4.51. The van der Waals surface area contributed by atoms with Crippen molar-refractivity contribution in [1.29, 1.82) is 0 Å². The standard InChI is InChI=1S/C20H18O6S/c1-13(2)19(21)25-15-9-5-7-11-17(15)27(23,24)18-12-8-6-10-16(18)26-20(22)14(3)4/h5-12H,1,3H2,2,4H3. The lowest BCUT2D eigenvalue weighted by Crippen LogP contribution is -2.14. The smallest absolute Gasteiger partial charge is 0.338 e. The van der Waals surface area contributed by atoms with Crippen LogP contribution in [0.25, 0.3) is 0 Å². The minimum absolute atomic E-state index is 0.123. The molecule has 6 nitrogen and oxygen atoms in total. The molecule has 0 bridgehead atoms. The highest BCUT2D eigenvalue weighted by atomic mass is 32.2. The molecule has 0 saturated heterocycles. The minimum Gasteiger partial charge on any atom is -0.422 e. The number of benzene rings is 2. The van der Waals surface area contributed by atoms with E-state index >= 15 is 0 Å². The molecule has 0 aliphatic heterocycles. The zero-order valence-electron chi connectivity index (χ0n) is 14.9. The maximum Gasteiger partial charge on any atom is 0.338 e. The number of ether oxygens (including phenoxy) is 2. The average molecular weight is 386 g/mol. The average Bonchev–Trinajstić information content (AvgIpc) is 2.62. The van der Waals surface area contributed by atoms with Crippen molar-refractivity contribution in [3.8, 4) is 11.5 Å². The molecule has 0 N–H and O–H groups in total. The minimum atomic E-state index is -4.16.